The third-order valence-electron chi connectivity index (χ3n) is 5.64. The Kier molecular flexibility index (Phi) is 3.20. The first-order valence-corrected chi connectivity index (χ1v) is 9.02. The summed E-state index contributed by atoms with van der Waals surface area (Å²) in [7, 11) is 2.04. The maximum absolute atomic E-state index is 13.2. The van der Waals surface area contributed by atoms with Crippen LogP contribution in [0.2, 0.25) is 0 Å². The number of imidazole rings is 1. The Morgan fingerprint density at radius 2 is 2.12 bits per heavy atom. The van der Waals surface area contributed by atoms with E-state index in [1.165, 1.54) is 0 Å². The lowest BCUT2D eigenvalue weighted by Gasteiger charge is -2.24. The number of nitrogens with zero attached hydrogens (tertiary/aromatic N) is 4. The van der Waals surface area contributed by atoms with Crippen LogP contribution < -0.4 is 0 Å². The topological polar surface area (TPSA) is 66.8 Å². The predicted molar refractivity (Wildman–Crippen MR) is 94.3 cm³/mol. The van der Waals surface area contributed by atoms with Crippen LogP contribution >= 0.6 is 0 Å². The van der Waals surface area contributed by atoms with Gasteiger partial charge in [0.2, 0.25) is 0 Å². The third kappa shape index (κ3) is 2.13. The lowest BCUT2D eigenvalue weighted by Crippen LogP contribution is -2.32. The highest BCUT2D eigenvalue weighted by Crippen LogP contribution is 2.35. The molecule has 1 N–H and O–H groups in total. The standard InChI is InChI=1S/C19H21N5O/c1-23-15-9-3-2-7-14(15)20-18(23)16-10-5-11-24(16)19(25)17-12-6-4-8-13(12)21-22-17/h2-3,7,9,16H,4-6,8,10-11H2,1H3,(H,21,22). The monoisotopic (exact) mass is 335 g/mol. The second-order valence-corrected chi connectivity index (χ2v) is 7.06. The Bertz CT molecular complexity index is 970. The number of aryl methyl sites for hydroxylation is 2. The van der Waals surface area contributed by atoms with Gasteiger partial charge in [0, 0.05) is 24.8 Å². The van der Waals surface area contributed by atoms with Gasteiger partial charge in [0.05, 0.1) is 17.1 Å². The number of hydrogen-bond acceptors (Lipinski definition) is 3. The summed E-state index contributed by atoms with van der Waals surface area (Å²) in [4.78, 5) is 20.0. The minimum absolute atomic E-state index is 0.0265. The third-order valence-corrected chi connectivity index (χ3v) is 5.64. The number of benzene rings is 1. The molecule has 0 radical (unpaired) electrons. The van der Waals surface area contributed by atoms with Crippen molar-refractivity contribution in [2.24, 2.45) is 7.05 Å². The van der Waals surface area contributed by atoms with Crippen molar-refractivity contribution in [1.82, 2.24) is 24.6 Å². The van der Waals surface area contributed by atoms with E-state index < -0.39 is 0 Å². The zero-order chi connectivity index (χ0) is 17.0. The van der Waals surface area contributed by atoms with Crippen molar-refractivity contribution in [2.45, 2.75) is 38.1 Å². The average Bonchev–Trinajstić information content (AvgIpc) is 3.38. The van der Waals surface area contributed by atoms with Crippen LogP contribution in [0.5, 0.6) is 0 Å². The molecule has 128 valence electrons. The summed E-state index contributed by atoms with van der Waals surface area (Å²) in [6.45, 7) is 0.772. The van der Waals surface area contributed by atoms with Gasteiger partial charge in [-0.25, -0.2) is 4.98 Å². The Morgan fingerprint density at radius 1 is 1.24 bits per heavy atom. The van der Waals surface area contributed by atoms with Gasteiger partial charge < -0.3 is 9.47 Å². The van der Waals surface area contributed by atoms with Gasteiger partial charge >= 0.3 is 0 Å². The summed E-state index contributed by atoms with van der Waals surface area (Å²) in [5.41, 5.74) is 4.98. The molecule has 3 heterocycles. The van der Waals surface area contributed by atoms with Crippen molar-refractivity contribution in [3.63, 3.8) is 0 Å². The fraction of sp³-hybridized carbons (Fsp3) is 0.421. The zero-order valence-electron chi connectivity index (χ0n) is 14.3. The largest absolute Gasteiger partial charge is 0.329 e. The van der Waals surface area contributed by atoms with E-state index in [4.69, 9.17) is 4.98 Å². The molecule has 1 aliphatic heterocycles. The second-order valence-electron chi connectivity index (χ2n) is 7.06. The molecule has 1 aromatic carbocycles. The molecule has 1 amide bonds. The van der Waals surface area contributed by atoms with E-state index in [9.17, 15) is 4.79 Å². The molecule has 2 aliphatic rings. The van der Waals surface area contributed by atoms with E-state index in [2.05, 4.69) is 20.8 Å². The van der Waals surface area contributed by atoms with Crippen molar-refractivity contribution in [3.8, 4) is 0 Å². The van der Waals surface area contributed by atoms with Crippen LogP contribution in [-0.2, 0) is 19.9 Å². The number of nitrogens with one attached hydrogen (secondary N) is 1. The van der Waals surface area contributed by atoms with Crippen LogP contribution in [0.15, 0.2) is 24.3 Å². The molecule has 1 fully saturated rings. The van der Waals surface area contributed by atoms with Crippen LogP contribution in [0, 0.1) is 0 Å². The summed E-state index contributed by atoms with van der Waals surface area (Å²) >= 11 is 0. The highest BCUT2D eigenvalue weighted by atomic mass is 16.2. The summed E-state index contributed by atoms with van der Waals surface area (Å²) in [5.74, 6) is 1.02. The van der Waals surface area contributed by atoms with E-state index in [-0.39, 0.29) is 11.9 Å². The molecule has 6 nitrogen and oxygen atoms in total. The molecular formula is C19H21N5O. The van der Waals surface area contributed by atoms with Gasteiger partial charge in [-0.2, -0.15) is 5.10 Å². The number of hydrogen-bond donors (Lipinski definition) is 1. The molecule has 6 heteroatoms. The van der Waals surface area contributed by atoms with Gasteiger partial charge in [0.15, 0.2) is 5.69 Å². The number of carbonyl (C=O) groups excluding carboxylic acids is 1. The molecule has 1 unspecified atom stereocenters. The van der Waals surface area contributed by atoms with Crippen molar-refractivity contribution in [3.05, 3.63) is 47.0 Å². The number of amides is 1. The van der Waals surface area contributed by atoms with Gasteiger partial charge in [-0.15, -0.1) is 0 Å². The van der Waals surface area contributed by atoms with E-state index >= 15 is 0 Å². The van der Waals surface area contributed by atoms with Crippen molar-refractivity contribution < 1.29 is 4.79 Å². The molecule has 3 aromatic rings. The molecule has 1 saturated heterocycles. The van der Waals surface area contributed by atoms with Crippen LogP contribution in [0.1, 0.15) is 52.9 Å². The Balaban J connectivity index is 1.53. The minimum atomic E-state index is 0.0265. The fourth-order valence-corrected chi connectivity index (χ4v) is 4.37. The van der Waals surface area contributed by atoms with E-state index in [0.29, 0.717) is 5.69 Å². The van der Waals surface area contributed by atoms with Crippen LogP contribution in [0.3, 0.4) is 0 Å². The zero-order valence-corrected chi connectivity index (χ0v) is 14.3. The maximum Gasteiger partial charge on any atom is 0.275 e. The van der Waals surface area contributed by atoms with Gasteiger partial charge in [-0.3, -0.25) is 9.89 Å². The van der Waals surface area contributed by atoms with Gasteiger partial charge in [-0.05, 0) is 44.2 Å². The highest BCUT2D eigenvalue weighted by molar-refractivity contribution is 5.94. The van der Waals surface area contributed by atoms with Crippen LogP contribution in [0.4, 0.5) is 0 Å². The minimum Gasteiger partial charge on any atom is -0.329 e. The molecule has 5 rings (SSSR count). The molecule has 25 heavy (non-hydrogen) atoms. The number of carbonyl (C=O) groups is 1. The summed E-state index contributed by atoms with van der Waals surface area (Å²) < 4.78 is 2.13. The molecule has 0 spiro atoms. The number of aromatic amines is 1. The normalized spacial score (nSPS) is 19.7. The van der Waals surface area contributed by atoms with Gasteiger partial charge in [0.1, 0.15) is 5.82 Å². The first kappa shape index (κ1) is 14.7. The van der Waals surface area contributed by atoms with E-state index in [0.717, 1.165) is 66.8 Å². The Morgan fingerprint density at radius 3 is 3.00 bits per heavy atom. The summed E-state index contributed by atoms with van der Waals surface area (Å²) in [5, 5.41) is 7.39. The van der Waals surface area contributed by atoms with Gasteiger partial charge in [-0.1, -0.05) is 12.1 Å². The molecule has 0 saturated carbocycles. The molecule has 1 aliphatic carbocycles. The smallest absolute Gasteiger partial charge is 0.275 e. The fourth-order valence-electron chi connectivity index (χ4n) is 4.37. The number of para-hydroxylation sites is 2. The number of likely N-dealkylation sites (tertiary alicyclic amines) is 1. The van der Waals surface area contributed by atoms with Crippen molar-refractivity contribution >= 4 is 16.9 Å². The number of fused-ring (bicyclic) bond motifs is 2. The lowest BCUT2D eigenvalue weighted by atomic mass is 10.1. The van der Waals surface area contributed by atoms with Gasteiger partial charge in [0.25, 0.3) is 5.91 Å². The Labute approximate surface area is 145 Å². The predicted octanol–water partition coefficient (Wildman–Crippen LogP) is 2.76. The molecule has 1 atom stereocenters. The second kappa shape index (κ2) is 5.44. The Hall–Kier alpha value is -2.63. The van der Waals surface area contributed by atoms with Crippen LogP contribution in [0.25, 0.3) is 11.0 Å². The molecule has 0 bridgehead atoms. The molecule has 2 aromatic heterocycles. The SMILES string of the molecule is Cn1c(C2CCCN2C(=O)c2n[nH]c3c2CCC3)nc2ccccc21. The number of rotatable bonds is 2. The first-order valence-electron chi connectivity index (χ1n) is 9.02. The van der Waals surface area contributed by atoms with Crippen molar-refractivity contribution in [2.75, 3.05) is 6.54 Å². The average molecular weight is 335 g/mol. The number of aromatic nitrogens is 4. The maximum atomic E-state index is 13.2. The highest BCUT2D eigenvalue weighted by Gasteiger charge is 2.36. The lowest BCUT2D eigenvalue weighted by molar-refractivity contribution is 0.0721. The van der Waals surface area contributed by atoms with E-state index in [1.807, 2.05) is 30.1 Å². The van der Waals surface area contributed by atoms with Crippen molar-refractivity contribution in [1.29, 1.82) is 0 Å². The quantitative estimate of drug-likeness (QED) is 0.783. The number of H-pyrrole nitrogens is 1. The molecular weight excluding hydrogens is 314 g/mol. The summed E-state index contributed by atoms with van der Waals surface area (Å²) in [6.07, 6.45) is 5.03. The van der Waals surface area contributed by atoms with E-state index in [1.54, 1.807) is 0 Å². The van der Waals surface area contributed by atoms with Crippen LogP contribution in [-0.4, -0.2) is 37.1 Å². The first-order chi connectivity index (χ1) is 12.2. The summed E-state index contributed by atoms with van der Waals surface area (Å²) in [6, 6.07) is 8.16.